The number of hydrogen-bond donors (Lipinski definition) is 0. The van der Waals surface area contributed by atoms with Crippen molar-refractivity contribution in [2.24, 2.45) is 0 Å². The number of anilines is 1. The Kier molecular flexibility index (Phi) is 4.04. The zero-order chi connectivity index (χ0) is 17.5. The molecule has 0 radical (unpaired) electrons. The number of rotatable bonds is 3. The second-order valence-corrected chi connectivity index (χ2v) is 7.41. The van der Waals surface area contributed by atoms with E-state index in [1.807, 2.05) is 0 Å². The SMILES string of the molecule is COc1ccc2c(c1)C(=O)CCN2S(=O)(=O)c1ccc(F)c(C)c1. The Hall–Kier alpha value is -2.41. The third-order valence-corrected chi connectivity index (χ3v) is 5.84. The molecule has 0 bridgehead atoms. The fourth-order valence-corrected chi connectivity index (χ4v) is 4.27. The van der Waals surface area contributed by atoms with Crippen LogP contribution in [-0.2, 0) is 10.0 Å². The highest BCUT2D eigenvalue weighted by Crippen LogP contribution is 2.34. The molecule has 0 saturated carbocycles. The van der Waals surface area contributed by atoms with Gasteiger partial charge in [-0.15, -0.1) is 0 Å². The van der Waals surface area contributed by atoms with Crippen LogP contribution in [0.25, 0.3) is 0 Å². The second kappa shape index (κ2) is 5.90. The molecule has 0 fully saturated rings. The lowest BCUT2D eigenvalue weighted by Gasteiger charge is -2.30. The maximum absolute atomic E-state index is 13.4. The quantitative estimate of drug-likeness (QED) is 0.855. The average molecular weight is 349 g/mol. The number of ketones is 1. The van der Waals surface area contributed by atoms with Crippen molar-refractivity contribution in [2.45, 2.75) is 18.2 Å². The number of nitrogens with zero attached hydrogens (tertiary/aromatic N) is 1. The molecule has 0 atom stereocenters. The second-order valence-electron chi connectivity index (χ2n) is 5.54. The van der Waals surface area contributed by atoms with Gasteiger partial charge in [0, 0.05) is 18.5 Å². The number of carbonyl (C=O) groups excluding carboxylic acids is 1. The Morgan fingerprint density at radius 2 is 1.92 bits per heavy atom. The Bertz CT molecular complexity index is 924. The highest BCUT2D eigenvalue weighted by Gasteiger charge is 2.32. The van der Waals surface area contributed by atoms with Crippen LogP contribution in [-0.4, -0.2) is 27.9 Å². The van der Waals surface area contributed by atoms with E-state index in [0.717, 1.165) is 6.07 Å². The van der Waals surface area contributed by atoms with Crippen LogP contribution in [0, 0.1) is 12.7 Å². The van der Waals surface area contributed by atoms with Gasteiger partial charge in [0.2, 0.25) is 0 Å². The summed E-state index contributed by atoms with van der Waals surface area (Å²) in [6.07, 6.45) is 0.0829. The lowest BCUT2D eigenvalue weighted by atomic mass is 10.0. The summed E-state index contributed by atoms with van der Waals surface area (Å²) in [6, 6.07) is 8.36. The fourth-order valence-electron chi connectivity index (χ4n) is 2.70. The Balaban J connectivity index is 2.11. The largest absolute Gasteiger partial charge is 0.497 e. The Morgan fingerprint density at radius 1 is 1.17 bits per heavy atom. The molecular weight excluding hydrogens is 333 g/mol. The van der Waals surface area contributed by atoms with Gasteiger partial charge in [0.15, 0.2) is 5.78 Å². The summed E-state index contributed by atoms with van der Waals surface area (Å²) in [4.78, 5) is 12.1. The Labute approximate surface area is 139 Å². The van der Waals surface area contributed by atoms with Crippen LogP contribution in [0.3, 0.4) is 0 Å². The van der Waals surface area contributed by atoms with E-state index in [1.54, 1.807) is 12.1 Å². The first kappa shape index (κ1) is 16.4. The molecule has 0 saturated heterocycles. The highest BCUT2D eigenvalue weighted by molar-refractivity contribution is 7.92. The minimum absolute atomic E-state index is 0.00230. The summed E-state index contributed by atoms with van der Waals surface area (Å²) in [6.45, 7) is 1.56. The normalized spacial score (nSPS) is 14.5. The number of aryl methyl sites for hydroxylation is 1. The molecule has 5 nitrogen and oxygen atoms in total. The number of Topliss-reactive ketones (excluding diaryl/α,β-unsaturated/α-hetero) is 1. The number of halogens is 1. The summed E-state index contributed by atoms with van der Waals surface area (Å²) in [7, 11) is -2.41. The number of ether oxygens (including phenoxy) is 1. The predicted molar refractivity (Wildman–Crippen MR) is 87.6 cm³/mol. The lowest BCUT2D eigenvalue weighted by Crippen LogP contribution is -2.37. The van der Waals surface area contributed by atoms with E-state index in [4.69, 9.17) is 4.74 Å². The first-order chi connectivity index (χ1) is 11.3. The van der Waals surface area contributed by atoms with Gasteiger partial charge in [-0.2, -0.15) is 0 Å². The number of hydrogen-bond acceptors (Lipinski definition) is 4. The molecule has 0 unspecified atom stereocenters. The topological polar surface area (TPSA) is 63.7 Å². The lowest BCUT2D eigenvalue weighted by molar-refractivity contribution is 0.0981. The maximum Gasteiger partial charge on any atom is 0.264 e. The van der Waals surface area contributed by atoms with Crippen molar-refractivity contribution in [1.82, 2.24) is 0 Å². The number of benzene rings is 2. The monoisotopic (exact) mass is 349 g/mol. The van der Waals surface area contributed by atoms with Crippen LogP contribution in [0.5, 0.6) is 5.75 Å². The van der Waals surface area contributed by atoms with E-state index in [-0.39, 0.29) is 29.2 Å². The van der Waals surface area contributed by atoms with Crippen LogP contribution in [0.4, 0.5) is 10.1 Å². The van der Waals surface area contributed by atoms with E-state index >= 15 is 0 Å². The molecule has 0 spiro atoms. The smallest absolute Gasteiger partial charge is 0.264 e. The zero-order valence-electron chi connectivity index (χ0n) is 13.2. The first-order valence-corrected chi connectivity index (χ1v) is 8.79. The molecule has 7 heteroatoms. The number of sulfonamides is 1. The van der Waals surface area contributed by atoms with Gasteiger partial charge in [-0.1, -0.05) is 0 Å². The summed E-state index contributed by atoms with van der Waals surface area (Å²) in [5, 5.41) is 0. The third kappa shape index (κ3) is 2.65. The first-order valence-electron chi connectivity index (χ1n) is 7.34. The van der Waals surface area contributed by atoms with E-state index in [2.05, 4.69) is 0 Å². The van der Waals surface area contributed by atoms with Gasteiger partial charge in [-0.3, -0.25) is 9.10 Å². The molecule has 0 aromatic heterocycles. The molecule has 2 aromatic carbocycles. The molecular formula is C17H16FNO4S. The summed E-state index contributed by atoms with van der Waals surface area (Å²) in [5.74, 6) is -0.113. The number of carbonyl (C=O) groups is 1. The summed E-state index contributed by atoms with van der Waals surface area (Å²) >= 11 is 0. The summed E-state index contributed by atoms with van der Waals surface area (Å²) in [5.41, 5.74) is 0.871. The van der Waals surface area contributed by atoms with Crippen LogP contribution >= 0.6 is 0 Å². The van der Waals surface area contributed by atoms with Gasteiger partial charge >= 0.3 is 0 Å². The van der Waals surface area contributed by atoms with Crippen molar-refractivity contribution >= 4 is 21.5 Å². The molecule has 2 aromatic rings. The van der Waals surface area contributed by atoms with Crippen molar-refractivity contribution in [2.75, 3.05) is 18.0 Å². The van der Waals surface area contributed by atoms with Crippen LogP contribution < -0.4 is 9.04 Å². The van der Waals surface area contributed by atoms with Crippen molar-refractivity contribution < 1.29 is 22.3 Å². The van der Waals surface area contributed by atoms with Gasteiger partial charge in [-0.05, 0) is 48.9 Å². The van der Waals surface area contributed by atoms with Gasteiger partial charge in [0.25, 0.3) is 10.0 Å². The number of fused-ring (bicyclic) bond motifs is 1. The fraction of sp³-hybridized carbons (Fsp3) is 0.235. The summed E-state index contributed by atoms with van der Waals surface area (Å²) < 4.78 is 45.6. The van der Waals surface area contributed by atoms with E-state index in [0.29, 0.717) is 17.0 Å². The Morgan fingerprint density at radius 3 is 2.58 bits per heavy atom. The van der Waals surface area contributed by atoms with E-state index in [9.17, 15) is 17.6 Å². The maximum atomic E-state index is 13.4. The van der Waals surface area contributed by atoms with E-state index in [1.165, 1.54) is 36.5 Å². The molecule has 24 heavy (non-hydrogen) atoms. The average Bonchev–Trinajstić information content (AvgIpc) is 2.57. The van der Waals surface area contributed by atoms with E-state index < -0.39 is 15.8 Å². The molecule has 1 heterocycles. The van der Waals surface area contributed by atoms with Crippen molar-refractivity contribution in [1.29, 1.82) is 0 Å². The molecule has 3 rings (SSSR count). The molecule has 0 amide bonds. The van der Waals surface area contributed by atoms with Gasteiger partial charge in [0.1, 0.15) is 11.6 Å². The van der Waals surface area contributed by atoms with Crippen molar-refractivity contribution in [3.8, 4) is 5.75 Å². The predicted octanol–water partition coefficient (Wildman–Crippen LogP) is 2.92. The molecule has 0 aliphatic carbocycles. The van der Waals surface area contributed by atoms with Crippen LogP contribution in [0.2, 0.25) is 0 Å². The molecule has 0 N–H and O–H groups in total. The van der Waals surface area contributed by atoms with Crippen LogP contribution in [0.15, 0.2) is 41.3 Å². The standard InChI is InChI=1S/C17H16FNO4S/c1-11-9-13(4-5-15(11)18)24(21,22)19-8-7-17(20)14-10-12(23-2)3-6-16(14)19/h3-6,9-10H,7-8H2,1-2H3. The molecule has 1 aliphatic rings. The van der Waals surface area contributed by atoms with Crippen LogP contribution in [0.1, 0.15) is 22.3 Å². The minimum atomic E-state index is -3.88. The molecule has 126 valence electrons. The molecule has 1 aliphatic heterocycles. The van der Waals surface area contributed by atoms with Gasteiger partial charge in [-0.25, -0.2) is 12.8 Å². The number of methoxy groups -OCH3 is 1. The van der Waals surface area contributed by atoms with Gasteiger partial charge < -0.3 is 4.74 Å². The highest BCUT2D eigenvalue weighted by atomic mass is 32.2. The van der Waals surface area contributed by atoms with Gasteiger partial charge in [0.05, 0.1) is 17.7 Å². The zero-order valence-corrected chi connectivity index (χ0v) is 14.1. The minimum Gasteiger partial charge on any atom is -0.497 e. The third-order valence-electron chi connectivity index (χ3n) is 4.03. The van der Waals surface area contributed by atoms with Crippen molar-refractivity contribution in [3.63, 3.8) is 0 Å². The van der Waals surface area contributed by atoms with Crippen molar-refractivity contribution in [3.05, 3.63) is 53.3 Å².